The van der Waals surface area contributed by atoms with E-state index in [1.165, 1.54) is 25.6 Å². The van der Waals surface area contributed by atoms with Gasteiger partial charge in [0.2, 0.25) is 16.7 Å². The summed E-state index contributed by atoms with van der Waals surface area (Å²) < 4.78 is 16.8. The van der Waals surface area contributed by atoms with Gasteiger partial charge in [0.15, 0.2) is 0 Å². The molecule has 1 aliphatic rings. The molecule has 0 bridgehead atoms. The standard InChI is InChI=1S/C22H22N4O6S/c1-22(2,3)24-16-14(20(29)31-5)12(19(28)30-4)13-15(32-16)23-21-26(18(13)27)25-17(33-21)11-9-7-6-8-10-11/h6-10,12,24H,1-5H3. The number of hydrogen-bond acceptors (Lipinski definition) is 10. The summed E-state index contributed by atoms with van der Waals surface area (Å²) in [5, 5.41) is 8.00. The van der Waals surface area contributed by atoms with Crippen molar-refractivity contribution in [2.24, 2.45) is 0 Å². The Kier molecular flexibility index (Phi) is 5.66. The van der Waals surface area contributed by atoms with Gasteiger partial charge in [-0.2, -0.15) is 14.6 Å². The van der Waals surface area contributed by atoms with E-state index in [4.69, 9.17) is 14.2 Å². The SMILES string of the molecule is COC(=O)C1=C(NC(C)(C)C)Oc2nc3sc(-c4ccccc4)nn3c(=O)c2C1C(=O)OC. The third kappa shape index (κ3) is 4.07. The summed E-state index contributed by atoms with van der Waals surface area (Å²) in [5.74, 6) is -3.20. The van der Waals surface area contributed by atoms with Crippen molar-refractivity contribution in [3.8, 4) is 16.5 Å². The molecule has 11 heteroatoms. The minimum absolute atomic E-state index is 0.0266. The van der Waals surface area contributed by atoms with E-state index in [2.05, 4.69) is 15.4 Å². The highest BCUT2D eigenvalue weighted by Gasteiger charge is 2.44. The molecule has 1 N–H and O–H groups in total. The number of methoxy groups -OCH3 is 2. The molecule has 0 saturated heterocycles. The second kappa shape index (κ2) is 8.32. The van der Waals surface area contributed by atoms with Crippen molar-refractivity contribution in [3.63, 3.8) is 0 Å². The van der Waals surface area contributed by atoms with Crippen LogP contribution in [0, 0.1) is 0 Å². The van der Waals surface area contributed by atoms with Gasteiger partial charge in [-0.05, 0) is 20.8 Å². The normalized spacial score (nSPS) is 15.6. The molecular formula is C22H22N4O6S. The molecular weight excluding hydrogens is 448 g/mol. The molecule has 33 heavy (non-hydrogen) atoms. The maximum atomic E-state index is 13.5. The van der Waals surface area contributed by atoms with Crippen molar-refractivity contribution in [2.45, 2.75) is 32.2 Å². The maximum Gasteiger partial charge on any atom is 0.340 e. The summed E-state index contributed by atoms with van der Waals surface area (Å²) in [6.45, 7) is 5.55. The summed E-state index contributed by atoms with van der Waals surface area (Å²) in [7, 11) is 2.35. The predicted octanol–water partition coefficient (Wildman–Crippen LogP) is 2.24. The van der Waals surface area contributed by atoms with Crippen LogP contribution in [-0.4, -0.2) is 46.3 Å². The van der Waals surface area contributed by atoms with Gasteiger partial charge in [0, 0.05) is 11.1 Å². The van der Waals surface area contributed by atoms with Crippen LogP contribution in [0.3, 0.4) is 0 Å². The fraction of sp³-hybridized carbons (Fsp3) is 0.318. The number of benzene rings is 1. The number of fused-ring (bicyclic) bond motifs is 2. The third-order valence-corrected chi connectivity index (χ3v) is 5.74. The zero-order valence-electron chi connectivity index (χ0n) is 18.7. The van der Waals surface area contributed by atoms with Crippen molar-refractivity contribution in [3.05, 3.63) is 57.7 Å². The highest BCUT2D eigenvalue weighted by atomic mass is 32.1. The molecule has 0 amide bonds. The van der Waals surface area contributed by atoms with Gasteiger partial charge in [0.25, 0.3) is 5.56 Å². The second-order valence-corrected chi connectivity index (χ2v) is 9.23. The van der Waals surface area contributed by atoms with Crippen molar-refractivity contribution in [1.29, 1.82) is 0 Å². The van der Waals surface area contributed by atoms with Gasteiger partial charge >= 0.3 is 11.9 Å². The first-order chi connectivity index (χ1) is 15.6. The molecule has 0 saturated carbocycles. The number of aromatic nitrogens is 3. The lowest BCUT2D eigenvalue weighted by atomic mass is 9.90. The molecule has 1 aliphatic heterocycles. The molecule has 0 spiro atoms. The zero-order valence-corrected chi connectivity index (χ0v) is 19.5. The Bertz CT molecular complexity index is 1340. The summed E-state index contributed by atoms with van der Waals surface area (Å²) in [6.07, 6.45) is 0. The highest BCUT2D eigenvalue weighted by molar-refractivity contribution is 7.19. The van der Waals surface area contributed by atoms with Crippen LogP contribution in [-0.2, 0) is 19.1 Å². The predicted molar refractivity (Wildman–Crippen MR) is 120 cm³/mol. The van der Waals surface area contributed by atoms with Gasteiger partial charge in [0.1, 0.15) is 22.1 Å². The number of carbonyl (C=O) groups excluding carboxylic acids is 2. The van der Waals surface area contributed by atoms with Crippen LogP contribution in [0.1, 0.15) is 32.3 Å². The van der Waals surface area contributed by atoms with Gasteiger partial charge in [-0.25, -0.2) is 4.79 Å². The van der Waals surface area contributed by atoms with Crippen LogP contribution in [0.15, 0.2) is 46.6 Å². The summed E-state index contributed by atoms with van der Waals surface area (Å²) >= 11 is 1.20. The number of carbonyl (C=O) groups is 2. The summed E-state index contributed by atoms with van der Waals surface area (Å²) in [5.41, 5.74) is -0.704. The van der Waals surface area contributed by atoms with Gasteiger partial charge in [0.05, 0.1) is 14.2 Å². The Hall–Kier alpha value is -3.73. The van der Waals surface area contributed by atoms with E-state index in [0.717, 1.165) is 10.1 Å². The molecule has 4 rings (SSSR count). The molecule has 3 heterocycles. The van der Waals surface area contributed by atoms with Crippen LogP contribution in [0.5, 0.6) is 5.88 Å². The monoisotopic (exact) mass is 470 g/mol. The first-order valence-corrected chi connectivity index (χ1v) is 10.8. The van der Waals surface area contributed by atoms with E-state index in [0.29, 0.717) is 5.01 Å². The minimum Gasteiger partial charge on any atom is -0.468 e. The van der Waals surface area contributed by atoms with Gasteiger partial charge in [-0.1, -0.05) is 41.7 Å². The van der Waals surface area contributed by atoms with E-state index < -0.39 is 29.0 Å². The molecule has 1 atom stereocenters. The average Bonchev–Trinajstić information content (AvgIpc) is 3.21. The molecule has 172 valence electrons. The Morgan fingerprint density at radius 3 is 2.45 bits per heavy atom. The zero-order chi connectivity index (χ0) is 23.9. The molecule has 10 nitrogen and oxygen atoms in total. The van der Waals surface area contributed by atoms with Gasteiger partial charge in [-0.15, -0.1) is 0 Å². The lowest BCUT2D eigenvalue weighted by molar-refractivity contribution is -0.145. The van der Waals surface area contributed by atoms with E-state index in [1.54, 1.807) is 0 Å². The van der Waals surface area contributed by atoms with E-state index in [-0.39, 0.29) is 27.9 Å². The first-order valence-electron chi connectivity index (χ1n) is 10.00. The average molecular weight is 471 g/mol. The summed E-state index contributed by atoms with van der Waals surface area (Å²) in [4.78, 5) is 43.8. The van der Waals surface area contributed by atoms with E-state index in [9.17, 15) is 14.4 Å². The summed E-state index contributed by atoms with van der Waals surface area (Å²) in [6, 6.07) is 9.31. The van der Waals surface area contributed by atoms with Crippen molar-refractivity contribution in [1.82, 2.24) is 19.9 Å². The molecule has 2 aromatic heterocycles. The fourth-order valence-corrected chi connectivity index (χ4v) is 4.28. The number of hydrogen-bond donors (Lipinski definition) is 1. The van der Waals surface area contributed by atoms with Crippen LogP contribution >= 0.6 is 11.3 Å². The van der Waals surface area contributed by atoms with E-state index >= 15 is 0 Å². The largest absolute Gasteiger partial charge is 0.468 e. The maximum absolute atomic E-state index is 13.5. The van der Waals surface area contributed by atoms with Gasteiger partial charge < -0.3 is 19.5 Å². The quantitative estimate of drug-likeness (QED) is 0.572. The molecule has 1 aromatic carbocycles. The Balaban J connectivity index is 1.97. The second-order valence-electron chi connectivity index (χ2n) is 8.27. The van der Waals surface area contributed by atoms with Crippen LogP contribution in [0.25, 0.3) is 15.5 Å². The molecule has 3 aromatic rings. The van der Waals surface area contributed by atoms with Crippen molar-refractivity contribution >= 4 is 28.2 Å². The topological polar surface area (TPSA) is 121 Å². The smallest absolute Gasteiger partial charge is 0.340 e. The van der Waals surface area contributed by atoms with Crippen LogP contribution in [0.2, 0.25) is 0 Å². The van der Waals surface area contributed by atoms with E-state index in [1.807, 2.05) is 51.1 Å². The number of nitrogens with one attached hydrogen (secondary N) is 1. The minimum atomic E-state index is -1.41. The Morgan fingerprint density at radius 1 is 1.15 bits per heavy atom. The molecule has 0 aliphatic carbocycles. The van der Waals surface area contributed by atoms with Crippen LogP contribution in [0.4, 0.5) is 0 Å². The molecule has 0 radical (unpaired) electrons. The Morgan fingerprint density at radius 2 is 1.85 bits per heavy atom. The number of nitrogens with zero attached hydrogens (tertiary/aromatic N) is 3. The lowest BCUT2D eigenvalue weighted by Gasteiger charge is -2.30. The lowest BCUT2D eigenvalue weighted by Crippen LogP contribution is -2.43. The fourth-order valence-electron chi connectivity index (χ4n) is 3.40. The third-order valence-electron chi connectivity index (χ3n) is 4.78. The number of ether oxygens (including phenoxy) is 3. The first kappa shape index (κ1) is 22.5. The van der Waals surface area contributed by atoms with Gasteiger partial charge in [-0.3, -0.25) is 9.59 Å². The van der Waals surface area contributed by atoms with Crippen molar-refractivity contribution in [2.75, 3.05) is 14.2 Å². The number of esters is 2. The molecule has 1 unspecified atom stereocenters. The van der Waals surface area contributed by atoms with Crippen molar-refractivity contribution < 1.29 is 23.8 Å². The molecule has 0 fully saturated rings. The Labute approximate surface area is 192 Å². The van der Waals surface area contributed by atoms with Crippen LogP contribution < -0.4 is 15.6 Å². The number of rotatable bonds is 4. The highest BCUT2D eigenvalue weighted by Crippen LogP contribution is 2.38.